The fourth-order valence-corrected chi connectivity index (χ4v) is 4.13. The molecule has 1 aliphatic carbocycles. The van der Waals surface area contributed by atoms with Crippen LogP contribution in [0.3, 0.4) is 0 Å². The first-order valence-corrected chi connectivity index (χ1v) is 10.8. The van der Waals surface area contributed by atoms with Crippen LogP contribution in [0.15, 0.2) is 0 Å². The van der Waals surface area contributed by atoms with Crippen LogP contribution in [0.2, 0.25) is 0 Å². The molecule has 0 spiro atoms. The number of hydrogen-bond acceptors (Lipinski definition) is 5. The standard InChI is InChI=1S/C22H36F2O6/c1-6-16(18(27)29-14-21(5,23)24)13-20(4,12-15(3)17(25)26)19(28)30-22(7-2)10-8-9-11-22/h15-16H,6-14H2,1-5H3,(H,25,26). The summed E-state index contributed by atoms with van der Waals surface area (Å²) in [7, 11) is 0. The van der Waals surface area contributed by atoms with E-state index in [-0.39, 0.29) is 19.3 Å². The molecule has 0 aromatic carbocycles. The van der Waals surface area contributed by atoms with Gasteiger partial charge in [-0.15, -0.1) is 0 Å². The smallest absolute Gasteiger partial charge is 0.312 e. The predicted octanol–water partition coefficient (Wildman–Crippen LogP) is 4.98. The Morgan fingerprint density at radius 3 is 2.10 bits per heavy atom. The molecule has 30 heavy (non-hydrogen) atoms. The molecule has 174 valence electrons. The van der Waals surface area contributed by atoms with Gasteiger partial charge in [-0.1, -0.05) is 20.8 Å². The van der Waals surface area contributed by atoms with Crippen LogP contribution >= 0.6 is 0 Å². The van der Waals surface area contributed by atoms with E-state index in [9.17, 15) is 28.3 Å². The van der Waals surface area contributed by atoms with Gasteiger partial charge in [0, 0.05) is 6.92 Å². The van der Waals surface area contributed by atoms with E-state index >= 15 is 0 Å². The van der Waals surface area contributed by atoms with Crippen molar-refractivity contribution < 1.29 is 37.7 Å². The molecule has 1 N–H and O–H groups in total. The van der Waals surface area contributed by atoms with Crippen LogP contribution in [0.1, 0.15) is 86.0 Å². The Hall–Kier alpha value is -1.73. The second-order valence-corrected chi connectivity index (χ2v) is 9.12. The van der Waals surface area contributed by atoms with Crippen molar-refractivity contribution in [2.75, 3.05) is 6.61 Å². The summed E-state index contributed by atoms with van der Waals surface area (Å²) in [6, 6.07) is 0. The number of carboxylic acids is 1. The van der Waals surface area contributed by atoms with Crippen LogP contribution in [0.5, 0.6) is 0 Å². The van der Waals surface area contributed by atoms with E-state index in [1.165, 1.54) is 6.92 Å². The van der Waals surface area contributed by atoms with Gasteiger partial charge in [-0.3, -0.25) is 14.4 Å². The van der Waals surface area contributed by atoms with Gasteiger partial charge in [-0.25, -0.2) is 8.78 Å². The summed E-state index contributed by atoms with van der Waals surface area (Å²) in [6.45, 7) is 6.37. The molecule has 1 aliphatic rings. The third-order valence-electron chi connectivity index (χ3n) is 6.13. The number of esters is 2. The van der Waals surface area contributed by atoms with Crippen LogP contribution in [0.25, 0.3) is 0 Å². The molecule has 0 aromatic rings. The van der Waals surface area contributed by atoms with Gasteiger partial charge in [0.25, 0.3) is 5.92 Å². The minimum absolute atomic E-state index is 0.0192. The van der Waals surface area contributed by atoms with Crippen molar-refractivity contribution in [2.45, 2.75) is 97.5 Å². The Labute approximate surface area is 177 Å². The van der Waals surface area contributed by atoms with E-state index in [1.807, 2.05) is 6.92 Å². The SMILES string of the molecule is CCC(CC(C)(CC(C)C(=O)O)C(=O)OC1(CC)CCCC1)C(=O)OCC(C)(F)F. The average molecular weight is 435 g/mol. The van der Waals surface area contributed by atoms with Crippen molar-refractivity contribution in [1.82, 2.24) is 0 Å². The monoisotopic (exact) mass is 434 g/mol. The molecule has 0 aliphatic heterocycles. The lowest BCUT2D eigenvalue weighted by molar-refractivity contribution is -0.176. The largest absolute Gasteiger partial charge is 0.481 e. The number of carboxylic acid groups (broad SMARTS) is 1. The number of rotatable bonds is 12. The molecule has 0 saturated heterocycles. The second kappa shape index (κ2) is 10.5. The second-order valence-electron chi connectivity index (χ2n) is 9.12. The highest BCUT2D eigenvalue weighted by atomic mass is 19.3. The van der Waals surface area contributed by atoms with E-state index in [1.54, 1.807) is 13.8 Å². The van der Waals surface area contributed by atoms with Crippen molar-refractivity contribution in [1.29, 1.82) is 0 Å². The molecule has 8 heteroatoms. The fourth-order valence-electron chi connectivity index (χ4n) is 4.13. The van der Waals surface area contributed by atoms with E-state index in [0.29, 0.717) is 13.3 Å². The Morgan fingerprint density at radius 1 is 1.10 bits per heavy atom. The molecule has 1 fully saturated rings. The Bertz CT molecular complexity index is 609. The summed E-state index contributed by atoms with van der Waals surface area (Å²) in [6.07, 6.45) is 4.32. The number of carbonyl (C=O) groups excluding carboxylic acids is 2. The number of aliphatic carboxylic acids is 1. The van der Waals surface area contributed by atoms with E-state index < -0.39 is 53.3 Å². The number of hydrogen-bond donors (Lipinski definition) is 1. The zero-order valence-corrected chi connectivity index (χ0v) is 18.8. The van der Waals surface area contributed by atoms with Gasteiger partial charge >= 0.3 is 17.9 Å². The van der Waals surface area contributed by atoms with Gasteiger partial charge in [-0.05, 0) is 58.3 Å². The first-order chi connectivity index (χ1) is 13.8. The maximum atomic E-state index is 13.2. The molecule has 0 radical (unpaired) electrons. The molecule has 3 unspecified atom stereocenters. The van der Waals surface area contributed by atoms with Crippen LogP contribution in [0.4, 0.5) is 8.78 Å². The third-order valence-corrected chi connectivity index (χ3v) is 6.13. The Kier molecular flexibility index (Phi) is 9.24. The van der Waals surface area contributed by atoms with Crippen molar-refractivity contribution in [2.24, 2.45) is 17.3 Å². The number of alkyl halides is 2. The normalized spacial score (nSPS) is 20.1. The zero-order chi connectivity index (χ0) is 23.2. The van der Waals surface area contributed by atoms with Gasteiger partial charge in [0.05, 0.1) is 17.3 Å². The minimum atomic E-state index is -3.15. The molecule has 0 aromatic heterocycles. The first-order valence-electron chi connectivity index (χ1n) is 10.8. The molecular formula is C22H36F2O6. The minimum Gasteiger partial charge on any atom is -0.481 e. The molecule has 0 amide bonds. The van der Waals surface area contributed by atoms with Gasteiger partial charge < -0.3 is 14.6 Å². The van der Waals surface area contributed by atoms with Crippen LogP contribution in [0, 0.1) is 17.3 Å². The van der Waals surface area contributed by atoms with Crippen LogP contribution in [-0.2, 0) is 23.9 Å². The molecule has 3 atom stereocenters. The highest BCUT2D eigenvalue weighted by Gasteiger charge is 2.46. The summed E-state index contributed by atoms with van der Waals surface area (Å²) in [5.74, 6) is -7.20. The maximum Gasteiger partial charge on any atom is 0.312 e. The third kappa shape index (κ3) is 7.51. The van der Waals surface area contributed by atoms with Crippen LogP contribution < -0.4 is 0 Å². The molecule has 1 saturated carbocycles. The fraction of sp³-hybridized carbons (Fsp3) is 0.864. The van der Waals surface area contributed by atoms with E-state index in [0.717, 1.165) is 25.7 Å². The Balaban J connectivity index is 3.05. The quantitative estimate of drug-likeness (QED) is 0.436. The van der Waals surface area contributed by atoms with Crippen molar-refractivity contribution in [3.63, 3.8) is 0 Å². The van der Waals surface area contributed by atoms with Gasteiger partial charge in [0.15, 0.2) is 6.61 Å². The molecular weight excluding hydrogens is 398 g/mol. The summed E-state index contributed by atoms with van der Waals surface area (Å²) < 4.78 is 36.8. The highest BCUT2D eigenvalue weighted by molar-refractivity contribution is 5.80. The molecule has 0 bridgehead atoms. The highest BCUT2D eigenvalue weighted by Crippen LogP contribution is 2.42. The van der Waals surface area contributed by atoms with Crippen molar-refractivity contribution in [3.8, 4) is 0 Å². The van der Waals surface area contributed by atoms with E-state index in [2.05, 4.69) is 0 Å². The summed E-state index contributed by atoms with van der Waals surface area (Å²) in [4.78, 5) is 37.1. The molecule has 6 nitrogen and oxygen atoms in total. The molecule has 1 rings (SSSR count). The Morgan fingerprint density at radius 2 is 1.67 bits per heavy atom. The topological polar surface area (TPSA) is 89.9 Å². The van der Waals surface area contributed by atoms with Crippen molar-refractivity contribution in [3.05, 3.63) is 0 Å². The van der Waals surface area contributed by atoms with E-state index in [4.69, 9.17) is 9.47 Å². The summed E-state index contributed by atoms with van der Waals surface area (Å²) in [5.41, 5.74) is -1.81. The predicted molar refractivity (Wildman–Crippen MR) is 107 cm³/mol. The maximum absolute atomic E-state index is 13.2. The average Bonchev–Trinajstić information content (AvgIpc) is 3.12. The zero-order valence-electron chi connectivity index (χ0n) is 18.8. The van der Waals surface area contributed by atoms with Crippen LogP contribution in [-0.4, -0.2) is 41.1 Å². The first kappa shape index (κ1) is 26.3. The van der Waals surface area contributed by atoms with Crippen molar-refractivity contribution >= 4 is 17.9 Å². The van der Waals surface area contributed by atoms with Gasteiger partial charge in [0.2, 0.25) is 0 Å². The summed E-state index contributed by atoms with van der Waals surface area (Å²) in [5, 5.41) is 9.36. The lowest BCUT2D eigenvalue weighted by atomic mass is 9.74. The lowest BCUT2D eigenvalue weighted by Gasteiger charge is -2.36. The number of carbonyl (C=O) groups is 3. The van der Waals surface area contributed by atoms with Gasteiger partial charge in [0.1, 0.15) is 5.60 Å². The summed E-state index contributed by atoms with van der Waals surface area (Å²) >= 11 is 0. The lowest BCUT2D eigenvalue weighted by Crippen LogP contribution is -2.42. The molecule has 0 heterocycles. The van der Waals surface area contributed by atoms with Gasteiger partial charge in [-0.2, -0.15) is 0 Å². The number of halogens is 2. The number of ether oxygens (including phenoxy) is 2.